The van der Waals surface area contributed by atoms with Crippen LogP contribution in [0.3, 0.4) is 0 Å². The maximum atomic E-state index is 11.0. The Labute approximate surface area is 82.4 Å². The summed E-state index contributed by atoms with van der Waals surface area (Å²) in [5.74, 6) is 0.238. The maximum Gasteiger partial charge on any atom is 0.250 e. The van der Waals surface area contributed by atoms with Crippen LogP contribution in [0.5, 0.6) is 0 Å². The molecule has 0 aliphatic rings. The van der Waals surface area contributed by atoms with E-state index in [1.165, 1.54) is 6.08 Å². The Morgan fingerprint density at radius 1 is 1.86 bits per heavy atom. The van der Waals surface area contributed by atoms with Crippen LogP contribution in [-0.4, -0.2) is 29.2 Å². The molecule has 0 saturated carbocycles. The highest BCUT2D eigenvalue weighted by Gasteiger charge is 2.03. The van der Waals surface area contributed by atoms with Crippen molar-refractivity contribution in [2.75, 3.05) is 19.0 Å². The molecule has 0 aliphatic heterocycles. The average molecular weight is 195 g/mol. The molecule has 0 aromatic carbocycles. The van der Waals surface area contributed by atoms with Crippen molar-refractivity contribution in [1.82, 2.24) is 9.55 Å². The number of methoxy groups -OCH3 is 1. The van der Waals surface area contributed by atoms with Crippen molar-refractivity contribution in [3.8, 4) is 0 Å². The van der Waals surface area contributed by atoms with Crippen molar-refractivity contribution in [2.24, 2.45) is 0 Å². The summed E-state index contributed by atoms with van der Waals surface area (Å²) in [6.45, 7) is 4.59. The molecule has 1 aromatic rings. The lowest BCUT2D eigenvalue weighted by Crippen LogP contribution is -2.14. The maximum absolute atomic E-state index is 11.0. The summed E-state index contributed by atoms with van der Waals surface area (Å²) < 4.78 is 6.72. The monoisotopic (exact) mass is 195 g/mol. The van der Waals surface area contributed by atoms with Gasteiger partial charge >= 0.3 is 0 Å². The number of ether oxygens (including phenoxy) is 1. The van der Waals surface area contributed by atoms with E-state index in [-0.39, 0.29) is 5.91 Å². The molecule has 14 heavy (non-hydrogen) atoms. The number of amides is 1. The lowest BCUT2D eigenvalue weighted by atomic mass is 10.6. The Bertz CT molecular complexity index is 320. The van der Waals surface area contributed by atoms with Crippen LogP contribution < -0.4 is 5.32 Å². The second kappa shape index (κ2) is 5.18. The number of hydrogen-bond donors (Lipinski definition) is 1. The predicted molar refractivity (Wildman–Crippen MR) is 52.9 cm³/mol. The number of nitrogens with one attached hydrogen (secondary N) is 1. The number of anilines is 1. The van der Waals surface area contributed by atoms with Crippen LogP contribution in [0.25, 0.3) is 0 Å². The lowest BCUT2D eigenvalue weighted by molar-refractivity contribution is -0.111. The Balaban J connectivity index is 2.62. The highest BCUT2D eigenvalue weighted by Crippen LogP contribution is 2.03. The summed E-state index contributed by atoms with van der Waals surface area (Å²) in [5, 5.41) is 2.59. The van der Waals surface area contributed by atoms with Crippen molar-refractivity contribution >= 4 is 11.9 Å². The first kappa shape index (κ1) is 10.5. The van der Waals surface area contributed by atoms with Gasteiger partial charge in [0.2, 0.25) is 11.9 Å². The van der Waals surface area contributed by atoms with Crippen LogP contribution in [0.15, 0.2) is 25.0 Å². The minimum Gasteiger partial charge on any atom is -0.383 e. The third kappa shape index (κ3) is 2.70. The molecule has 76 valence electrons. The summed E-state index contributed by atoms with van der Waals surface area (Å²) in [7, 11) is 1.62. The van der Waals surface area contributed by atoms with Gasteiger partial charge in [0.15, 0.2) is 0 Å². The summed E-state index contributed by atoms with van der Waals surface area (Å²) in [6.07, 6.45) is 4.60. The topological polar surface area (TPSA) is 56.2 Å². The second-order valence-electron chi connectivity index (χ2n) is 2.63. The van der Waals surface area contributed by atoms with Crippen LogP contribution >= 0.6 is 0 Å². The molecule has 1 aromatic heterocycles. The first-order chi connectivity index (χ1) is 6.77. The second-order valence-corrected chi connectivity index (χ2v) is 2.63. The molecule has 1 N–H and O–H groups in total. The van der Waals surface area contributed by atoms with Gasteiger partial charge in [-0.05, 0) is 6.08 Å². The number of carbonyl (C=O) groups excluding carboxylic acids is 1. The summed E-state index contributed by atoms with van der Waals surface area (Å²) >= 11 is 0. The number of carbonyl (C=O) groups is 1. The number of nitrogens with zero attached hydrogens (tertiary/aromatic N) is 2. The van der Waals surface area contributed by atoms with Gasteiger partial charge in [0.1, 0.15) is 0 Å². The van der Waals surface area contributed by atoms with E-state index in [0.29, 0.717) is 19.1 Å². The highest BCUT2D eigenvalue weighted by molar-refractivity contribution is 5.97. The van der Waals surface area contributed by atoms with Crippen molar-refractivity contribution in [1.29, 1.82) is 0 Å². The van der Waals surface area contributed by atoms with Crippen molar-refractivity contribution < 1.29 is 9.53 Å². The zero-order chi connectivity index (χ0) is 10.4. The largest absolute Gasteiger partial charge is 0.383 e. The smallest absolute Gasteiger partial charge is 0.250 e. The Morgan fingerprint density at radius 2 is 2.64 bits per heavy atom. The molecule has 1 rings (SSSR count). The van der Waals surface area contributed by atoms with Gasteiger partial charge in [-0.2, -0.15) is 0 Å². The molecular formula is C9H13N3O2. The van der Waals surface area contributed by atoms with Crippen LogP contribution in [0.2, 0.25) is 0 Å². The molecule has 0 atom stereocenters. The van der Waals surface area contributed by atoms with Crippen LogP contribution in [0.1, 0.15) is 0 Å². The van der Waals surface area contributed by atoms with E-state index in [2.05, 4.69) is 16.9 Å². The van der Waals surface area contributed by atoms with Gasteiger partial charge in [-0.15, -0.1) is 0 Å². The van der Waals surface area contributed by atoms with Crippen LogP contribution in [-0.2, 0) is 16.1 Å². The SMILES string of the molecule is C=CC(=O)Nc1nccn1CCOC. The fourth-order valence-corrected chi connectivity index (χ4v) is 0.965. The molecule has 0 spiro atoms. The van der Waals surface area contributed by atoms with Gasteiger partial charge in [0.05, 0.1) is 6.61 Å². The average Bonchev–Trinajstić information content (AvgIpc) is 2.62. The Kier molecular flexibility index (Phi) is 3.87. The Morgan fingerprint density at radius 3 is 3.29 bits per heavy atom. The standard InChI is InChI=1S/C9H13N3O2/c1-3-8(13)11-9-10-4-5-12(9)6-7-14-2/h3-5H,1,6-7H2,2H3,(H,10,11,13). The van der Waals surface area contributed by atoms with Crippen molar-refractivity contribution in [3.05, 3.63) is 25.0 Å². The molecule has 0 fully saturated rings. The first-order valence-electron chi connectivity index (χ1n) is 4.21. The fourth-order valence-electron chi connectivity index (χ4n) is 0.965. The normalized spacial score (nSPS) is 9.79. The predicted octanol–water partition coefficient (Wildman–Crippen LogP) is 0.654. The molecular weight excluding hydrogens is 182 g/mol. The molecule has 0 saturated heterocycles. The van der Waals surface area contributed by atoms with E-state index in [1.54, 1.807) is 24.1 Å². The number of imidazole rings is 1. The van der Waals surface area contributed by atoms with E-state index in [0.717, 1.165) is 0 Å². The molecule has 1 amide bonds. The zero-order valence-corrected chi connectivity index (χ0v) is 8.06. The van der Waals surface area contributed by atoms with E-state index in [4.69, 9.17) is 4.74 Å². The van der Waals surface area contributed by atoms with Gasteiger partial charge in [0, 0.05) is 26.0 Å². The van der Waals surface area contributed by atoms with E-state index in [1.807, 2.05) is 0 Å². The number of aromatic nitrogens is 2. The van der Waals surface area contributed by atoms with Crippen LogP contribution in [0.4, 0.5) is 5.95 Å². The van der Waals surface area contributed by atoms with Gasteiger partial charge in [-0.25, -0.2) is 4.98 Å². The van der Waals surface area contributed by atoms with Crippen molar-refractivity contribution in [2.45, 2.75) is 6.54 Å². The highest BCUT2D eigenvalue weighted by atomic mass is 16.5. The Hall–Kier alpha value is -1.62. The summed E-state index contributed by atoms with van der Waals surface area (Å²) in [5.41, 5.74) is 0. The fraction of sp³-hybridized carbons (Fsp3) is 0.333. The third-order valence-corrected chi connectivity index (χ3v) is 1.67. The molecule has 5 heteroatoms. The van der Waals surface area contributed by atoms with Crippen molar-refractivity contribution in [3.63, 3.8) is 0 Å². The van der Waals surface area contributed by atoms with Gasteiger partial charge in [-0.1, -0.05) is 6.58 Å². The first-order valence-corrected chi connectivity index (χ1v) is 4.21. The molecule has 1 heterocycles. The van der Waals surface area contributed by atoms with Gasteiger partial charge in [0.25, 0.3) is 0 Å². The van der Waals surface area contributed by atoms with Gasteiger partial charge < -0.3 is 9.30 Å². The number of hydrogen-bond acceptors (Lipinski definition) is 3. The minimum atomic E-state index is -0.269. The third-order valence-electron chi connectivity index (χ3n) is 1.67. The minimum absolute atomic E-state index is 0.269. The molecule has 0 bridgehead atoms. The molecule has 0 radical (unpaired) electrons. The molecule has 0 aliphatic carbocycles. The molecule has 5 nitrogen and oxygen atoms in total. The summed E-state index contributed by atoms with van der Waals surface area (Å²) in [4.78, 5) is 15.0. The summed E-state index contributed by atoms with van der Waals surface area (Å²) in [6, 6.07) is 0. The zero-order valence-electron chi connectivity index (χ0n) is 8.06. The molecule has 0 unspecified atom stereocenters. The number of rotatable bonds is 5. The van der Waals surface area contributed by atoms with E-state index in [9.17, 15) is 4.79 Å². The van der Waals surface area contributed by atoms with E-state index >= 15 is 0 Å². The van der Waals surface area contributed by atoms with Gasteiger partial charge in [-0.3, -0.25) is 10.1 Å². The quantitative estimate of drug-likeness (QED) is 0.702. The van der Waals surface area contributed by atoms with Crippen LogP contribution in [0, 0.1) is 0 Å². The lowest BCUT2D eigenvalue weighted by Gasteiger charge is -2.06. The van der Waals surface area contributed by atoms with E-state index < -0.39 is 0 Å².